The molecule has 5 atom stereocenters. The highest BCUT2D eigenvalue weighted by molar-refractivity contribution is 5.96. The number of aliphatic carboxylic acids is 1. The van der Waals surface area contributed by atoms with Crippen molar-refractivity contribution in [3.05, 3.63) is 29.8 Å². The molecule has 15 nitrogen and oxygen atoms in total. The Morgan fingerprint density at radius 1 is 0.838 bits per heavy atom. The highest BCUT2D eigenvalue weighted by Gasteiger charge is 2.32. The zero-order valence-corrected chi connectivity index (χ0v) is 20.0. The molecule has 0 saturated carbocycles. The summed E-state index contributed by atoms with van der Waals surface area (Å²) in [6.45, 7) is 1.24. The molecule has 0 radical (unpaired) electrons. The number of aliphatic hydroxyl groups excluding tert-OH is 1. The third-order valence-electron chi connectivity index (χ3n) is 5.16. The molecule has 0 bridgehead atoms. The fourth-order valence-electron chi connectivity index (χ4n) is 3.06. The number of hydrogen-bond acceptors (Lipinski definition) is 9. The largest absolute Gasteiger partial charge is 0.508 e. The third kappa shape index (κ3) is 10.9. The molecule has 204 valence electrons. The summed E-state index contributed by atoms with van der Waals surface area (Å²) in [5.41, 5.74) is 16.2. The number of phenols is 1. The molecule has 0 aromatic heterocycles. The van der Waals surface area contributed by atoms with Gasteiger partial charge in [-0.25, -0.2) is 4.79 Å². The average molecular weight is 525 g/mol. The van der Waals surface area contributed by atoms with Crippen LogP contribution in [-0.4, -0.2) is 81.1 Å². The molecule has 0 saturated heterocycles. The van der Waals surface area contributed by atoms with E-state index in [0.29, 0.717) is 5.56 Å². The maximum absolute atomic E-state index is 13.0. The molecule has 0 spiro atoms. The molecule has 0 fully saturated rings. The molecule has 0 aliphatic carbocycles. The summed E-state index contributed by atoms with van der Waals surface area (Å²) in [6.07, 6.45) is -2.78. The number of phenolic OH excluding ortho intramolecular Hbond substituents is 1. The highest BCUT2D eigenvalue weighted by atomic mass is 16.4. The maximum atomic E-state index is 13.0. The molecule has 1 aromatic carbocycles. The number of primary amides is 2. The summed E-state index contributed by atoms with van der Waals surface area (Å²) >= 11 is 0. The number of nitrogens with two attached hydrogens (primary N) is 3. The minimum absolute atomic E-state index is 0.0649. The van der Waals surface area contributed by atoms with Crippen molar-refractivity contribution in [2.45, 2.75) is 62.9 Å². The van der Waals surface area contributed by atoms with E-state index in [-0.39, 0.29) is 25.0 Å². The van der Waals surface area contributed by atoms with E-state index in [1.807, 2.05) is 0 Å². The molecule has 5 amide bonds. The van der Waals surface area contributed by atoms with E-state index in [1.165, 1.54) is 31.2 Å². The molecule has 0 aliphatic rings. The van der Waals surface area contributed by atoms with Crippen molar-refractivity contribution in [1.82, 2.24) is 16.0 Å². The van der Waals surface area contributed by atoms with Crippen LogP contribution in [0.3, 0.4) is 0 Å². The van der Waals surface area contributed by atoms with E-state index in [1.54, 1.807) is 0 Å². The Labute approximate surface area is 211 Å². The van der Waals surface area contributed by atoms with Crippen molar-refractivity contribution >= 4 is 35.5 Å². The Hall–Kier alpha value is -4.24. The first kappa shape index (κ1) is 30.8. The summed E-state index contributed by atoms with van der Waals surface area (Å²) in [6, 6.07) is -0.383. The average Bonchev–Trinajstić information content (AvgIpc) is 2.80. The zero-order valence-electron chi connectivity index (χ0n) is 20.0. The number of aromatic hydroxyl groups is 1. The van der Waals surface area contributed by atoms with E-state index in [4.69, 9.17) is 17.2 Å². The predicted octanol–water partition coefficient (Wildman–Crippen LogP) is -3.68. The maximum Gasteiger partial charge on any atom is 0.326 e. The van der Waals surface area contributed by atoms with Gasteiger partial charge in [-0.2, -0.15) is 0 Å². The predicted molar refractivity (Wildman–Crippen MR) is 127 cm³/mol. The molecule has 15 heteroatoms. The second-order valence-corrected chi connectivity index (χ2v) is 8.33. The van der Waals surface area contributed by atoms with Gasteiger partial charge in [0.1, 0.15) is 29.9 Å². The van der Waals surface area contributed by atoms with Gasteiger partial charge in [0.15, 0.2) is 0 Å². The van der Waals surface area contributed by atoms with Crippen molar-refractivity contribution in [2.24, 2.45) is 17.2 Å². The molecule has 0 heterocycles. The summed E-state index contributed by atoms with van der Waals surface area (Å²) in [5.74, 6) is -6.21. The van der Waals surface area contributed by atoms with Crippen LogP contribution >= 0.6 is 0 Å². The van der Waals surface area contributed by atoms with Gasteiger partial charge in [-0.15, -0.1) is 0 Å². The number of amides is 5. The normalized spacial score (nSPS) is 14.8. The van der Waals surface area contributed by atoms with Gasteiger partial charge >= 0.3 is 5.97 Å². The molecule has 1 aromatic rings. The van der Waals surface area contributed by atoms with Crippen LogP contribution in [0.2, 0.25) is 0 Å². The van der Waals surface area contributed by atoms with Gasteiger partial charge < -0.3 is 48.5 Å². The highest BCUT2D eigenvalue weighted by Crippen LogP contribution is 2.12. The van der Waals surface area contributed by atoms with Gasteiger partial charge in [0.25, 0.3) is 0 Å². The number of carbonyl (C=O) groups is 6. The summed E-state index contributed by atoms with van der Waals surface area (Å²) < 4.78 is 0. The van der Waals surface area contributed by atoms with E-state index in [0.717, 1.165) is 0 Å². The van der Waals surface area contributed by atoms with E-state index < -0.39 is 72.2 Å². The van der Waals surface area contributed by atoms with Crippen LogP contribution in [0.25, 0.3) is 0 Å². The van der Waals surface area contributed by atoms with Gasteiger partial charge in [0, 0.05) is 12.8 Å². The molecular weight excluding hydrogens is 492 g/mol. The van der Waals surface area contributed by atoms with Crippen molar-refractivity contribution in [3.63, 3.8) is 0 Å². The van der Waals surface area contributed by atoms with Gasteiger partial charge in [-0.1, -0.05) is 12.1 Å². The van der Waals surface area contributed by atoms with Gasteiger partial charge in [0.2, 0.25) is 29.5 Å². The lowest BCUT2D eigenvalue weighted by atomic mass is 10.0. The van der Waals surface area contributed by atoms with Gasteiger partial charge in [0.05, 0.1) is 12.5 Å². The summed E-state index contributed by atoms with van der Waals surface area (Å²) in [4.78, 5) is 72.3. The van der Waals surface area contributed by atoms with Gasteiger partial charge in [-0.05, 0) is 31.0 Å². The lowest BCUT2D eigenvalue weighted by molar-refractivity contribution is -0.142. The number of carbonyl (C=O) groups excluding carboxylic acids is 5. The number of nitrogens with one attached hydrogen (secondary N) is 3. The monoisotopic (exact) mass is 524 g/mol. The summed E-state index contributed by atoms with van der Waals surface area (Å²) in [7, 11) is 0. The van der Waals surface area contributed by atoms with Crippen molar-refractivity contribution < 1.29 is 44.1 Å². The standard InChI is InChI=1S/C22H32N6O9/c1-10(29)18(25)21(35)28-15(9-17(24)32)20(34)27-14(8-11-2-4-12(30)5-3-11)19(33)26-13(22(36)37)6-7-16(23)31/h2-5,10,13-15,18,29-30H,6-9,25H2,1H3,(H2,23,31)(H2,24,32)(H,26,33)(H,27,34)(H,28,35)(H,36,37). The SMILES string of the molecule is CC(O)C(N)C(=O)NC(CC(N)=O)C(=O)NC(Cc1ccc(O)cc1)C(=O)NC(CCC(N)=O)C(=O)O. The quantitative estimate of drug-likeness (QED) is 0.108. The lowest BCUT2D eigenvalue weighted by Gasteiger charge is -2.25. The molecule has 0 aliphatic heterocycles. The third-order valence-corrected chi connectivity index (χ3v) is 5.16. The Morgan fingerprint density at radius 3 is 1.84 bits per heavy atom. The zero-order chi connectivity index (χ0) is 28.3. The number of hydrogen-bond donors (Lipinski definition) is 9. The molecule has 1 rings (SSSR count). The fourth-order valence-corrected chi connectivity index (χ4v) is 3.06. The Kier molecular flexibility index (Phi) is 11.9. The minimum Gasteiger partial charge on any atom is -0.508 e. The van der Waals surface area contributed by atoms with Crippen LogP contribution < -0.4 is 33.2 Å². The Morgan fingerprint density at radius 2 is 1.35 bits per heavy atom. The minimum atomic E-state index is -1.57. The smallest absolute Gasteiger partial charge is 0.326 e. The van der Waals surface area contributed by atoms with Crippen LogP contribution in [0, 0.1) is 0 Å². The van der Waals surface area contributed by atoms with E-state index >= 15 is 0 Å². The van der Waals surface area contributed by atoms with Crippen LogP contribution in [-0.2, 0) is 35.2 Å². The first-order valence-corrected chi connectivity index (χ1v) is 11.1. The molecule has 12 N–H and O–H groups in total. The van der Waals surface area contributed by atoms with Crippen molar-refractivity contribution in [1.29, 1.82) is 0 Å². The van der Waals surface area contributed by atoms with E-state index in [9.17, 15) is 44.1 Å². The Bertz CT molecular complexity index is 999. The number of benzene rings is 1. The Balaban J connectivity index is 3.18. The molecule has 5 unspecified atom stereocenters. The van der Waals surface area contributed by atoms with Crippen LogP contribution in [0.5, 0.6) is 5.75 Å². The van der Waals surface area contributed by atoms with Crippen LogP contribution in [0.15, 0.2) is 24.3 Å². The number of aliphatic hydroxyl groups is 1. The van der Waals surface area contributed by atoms with Crippen LogP contribution in [0.4, 0.5) is 0 Å². The van der Waals surface area contributed by atoms with Crippen LogP contribution in [0.1, 0.15) is 31.7 Å². The second kappa shape index (κ2) is 14.4. The van der Waals surface area contributed by atoms with Gasteiger partial charge in [-0.3, -0.25) is 24.0 Å². The topological polar surface area (TPSA) is 277 Å². The molecular formula is C22H32N6O9. The first-order chi connectivity index (χ1) is 17.2. The number of rotatable bonds is 15. The van der Waals surface area contributed by atoms with Crippen molar-refractivity contribution in [3.8, 4) is 5.75 Å². The molecule has 37 heavy (non-hydrogen) atoms. The van der Waals surface area contributed by atoms with E-state index in [2.05, 4.69) is 16.0 Å². The second-order valence-electron chi connectivity index (χ2n) is 8.33. The number of carboxylic acids is 1. The fraction of sp³-hybridized carbons (Fsp3) is 0.455. The first-order valence-electron chi connectivity index (χ1n) is 11.1. The summed E-state index contributed by atoms with van der Waals surface area (Å²) in [5, 5.41) is 35.1. The lowest BCUT2D eigenvalue weighted by Crippen LogP contribution is -2.59. The number of carboxylic acid groups (broad SMARTS) is 1. The van der Waals surface area contributed by atoms with Crippen molar-refractivity contribution in [2.75, 3.05) is 0 Å².